The van der Waals surface area contributed by atoms with Crippen molar-refractivity contribution in [3.05, 3.63) is 35.9 Å². The fourth-order valence-corrected chi connectivity index (χ4v) is 0.770. The van der Waals surface area contributed by atoms with Gasteiger partial charge in [0, 0.05) is 0 Å². The van der Waals surface area contributed by atoms with Crippen molar-refractivity contribution < 1.29 is 18.9 Å². The third kappa shape index (κ3) is 2.42. The molecule has 12 heavy (non-hydrogen) atoms. The number of carbonyl (C=O) groups excluding carboxylic acids is 1. The van der Waals surface area contributed by atoms with E-state index in [1.54, 1.807) is 30.3 Å². The molecule has 4 nitrogen and oxygen atoms in total. The third-order valence-electron chi connectivity index (χ3n) is 1.15. The Bertz CT molecular complexity index is 272. The molecule has 0 spiro atoms. The van der Waals surface area contributed by atoms with Gasteiger partial charge in [-0.05, 0) is 12.1 Å². The Balaban J connectivity index is 2.59. The minimum Gasteiger partial charge on any atom is -0.281 e. The quantitative estimate of drug-likeness (QED) is 0.409. The van der Waals surface area contributed by atoms with E-state index in [9.17, 15) is 9.36 Å². The maximum Gasteiger partial charge on any atom is 0.374 e. The highest BCUT2D eigenvalue weighted by atomic mass is 31.1. The number of hydrogen-bond acceptors (Lipinski definition) is 4. The molecule has 0 N–H and O–H groups in total. The number of hydrogen-bond donors (Lipinski definition) is 0. The second-order valence-corrected chi connectivity index (χ2v) is 2.18. The predicted octanol–water partition coefficient (Wildman–Crippen LogP) is 1.98. The van der Waals surface area contributed by atoms with E-state index >= 15 is 0 Å². The lowest BCUT2D eigenvalue weighted by Crippen LogP contribution is -2.01. The van der Waals surface area contributed by atoms with Gasteiger partial charge in [-0.25, -0.2) is 9.36 Å². The average Bonchev–Trinajstić information content (AvgIpc) is 2.15. The van der Waals surface area contributed by atoms with E-state index in [0.717, 1.165) is 0 Å². The number of carbonyl (C=O) groups is 1. The summed E-state index contributed by atoms with van der Waals surface area (Å²) < 4.78 is 13.7. The van der Waals surface area contributed by atoms with Crippen molar-refractivity contribution in [1.29, 1.82) is 0 Å². The molecule has 5 heteroatoms. The molecule has 0 amide bonds. The van der Waals surface area contributed by atoms with Gasteiger partial charge in [0.15, 0.2) is 0 Å². The zero-order valence-electron chi connectivity index (χ0n) is 5.97. The molecule has 1 rings (SSSR count). The fourth-order valence-electron chi connectivity index (χ4n) is 0.671. The van der Waals surface area contributed by atoms with Crippen LogP contribution in [-0.4, -0.2) is 5.97 Å². The van der Waals surface area contributed by atoms with Crippen LogP contribution in [0.15, 0.2) is 30.3 Å². The Hall–Kier alpha value is -1.25. The van der Waals surface area contributed by atoms with Crippen LogP contribution in [-0.2, 0) is 14.1 Å². The van der Waals surface area contributed by atoms with E-state index in [1.807, 2.05) is 0 Å². The summed E-state index contributed by atoms with van der Waals surface area (Å²) in [7, 11) is -0.683. The van der Waals surface area contributed by atoms with Crippen molar-refractivity contribution in [2.45, 2.75) is 0 Å². The van der Waals surface area contributed by atoms with Gasteiger partial charge in [-0.2, -0.15) is 0 Å². The smallest absolute Gasteiger partial charge is 0.281 e. The van der Waals surface area contributed by atoms with Gasteiger partial charge in [-0.1, -0.05) is 22.9 Å². The molecule has 0 saturated carbocycles. The lowest BCUT2D eigenvalue weighted by atomic mass is 10.2. The molecule has 0 aliphatic heterocycles. The molecule has 1 aromatic carbocycles. The molecule has 0 saturated heterocycles. The first-order chi connectivity index (χ1) is 5.84. The standard InChI is InChI=1S/C7H5O4P/c8-7(10-11-12-9)6-4-2-1-3-5-6/h1-5H. The second-order valence-electron chi connectivity index (χ2n) is 1.89. The largest absolute Gasteiger partial charge is 0.374 e. The van der Waals surface area contributed by atoms with Crippen LogP contribution in [0.1, 0.15) is 10.4 Å². The molecule has 0 bridgehead atoms. The van der Waals surface area contributed by atoms with Gasteiger partial charge in [0.25, 0.3) is 0 Å². The first-order valence-corrected chi connectivity index (χ1v) is 3.83. The van der Waals surface area contributed by atoms with Gasteiger partial charge < -0.3 is 0 Å². The van der Waals surface area contributed by atoms with Crippen molar-refractivity contribution in [2.75, 3.05) is 0 Å². The van der Waals surface area contributed by atoms with Crippen LogP contribution in [0, 0.1) is 0 Å². The Morgan fingerprint density at radius 2 is 1.92 bits per heavy atom. The fraction of sp³-hybridized carbons (Fsp3) is 0. The van der Waals surface area contributed by atoms with Crippen molar-refractivity contribution in [3.63, 3.8) is 0 Å². The highest BCUT2D eigenvalue weighted by Gasteiger charge is 2.06. The molecule has 0 fully saturated rings. The molecule has 0 heterocycles. The van der Waals surface area contributed by atoms with E-state index in [-0.39, 0.29) is 0 Å². The van der Waals surface area contributed by atoms with Crippen LogP contribution in [0.5, 0.6) is 0 Å². The first-order valence-electron chi connectivity index (χ1n) is 3.10. The second kappa shape index (κ2) is 4.59. The summed E-state index contributed by atoms with van der Waals surface area (Å²) in [5.74, 6) is -0.668. The van der Waals surface area contributed by atoms with Crippen molar-refractivity contribution in [2.24, 2.45) is 0 Å². The van der Waals surface area contributed by atoms with Gasteiger partial charge in [0.1, 0.15) is 0 Å². The maximum atomic E-state index is 10.9. The van der Waals surface area contributed by atoms with E-state index in [0.29, 0.717) is 5.56 Å². The van der Waals surface area contributed by atoms with Gasteiger partial charge in [-0.15, -0.1) is 0 Å². The van der Waals surface area contributed by atoms with Gasteiger partial charge in [0.05, 0.1) is 5.56 Å². The molecule has 0 radical (unpaired) electrons. The van der Waals surface area contributed by atoms with E-state index in [1.165, 1.54) is 0 Å². The van der Waals surface area contributed by atoms with E-state index in [2.05, 4.69) is 9.56 Å². The Labute approximate surface area is 70.3 Å². The summed E-state index contributed by atoms with van der Waals surface area (Å²) in [5, 5.41) is 0. The number of benzene rings is 1. The molecule has 1 aromatic rings. The minimum atomic E-state index is -0.683. The van der Waals surface area contributed by atoms with Crippen LogP contribution < -0.4 is 0 Å². The van der Waals surface area contributed by atoms with E-state index < -0.39 is 14.7 Å². The predicted molar refractivity (Wildman–Crippen MR) is 40.5 cm³/mol. The minimum absolute atomic E-state index is 0.348. The van der Waals surface area contributed by atoms with Crippen LogP contribution in [0.25, 0.3) is 0 Å². The molecule has 0 atom stereocenters. The molecule has 0 aliphatic carbocycles. The Morgan fingerprint density at radius 3 is 2.50 bits per heavy atom. The third-order valence-corrected chi connectivity index (χ3v) is 1.29. The molecular weight excluding hydrogens is 179 g/mol. The summed E-state index contributed by atoms with van der Waals surface area (Å²) in [5.41, 5.74) is 0.348. The monoisotopic (exact) mass is 184 g/mol. The molecular formula is C7H5O4P. The Morgan fingerprint density at radius 1 is 1.25 bits per heavy atom. The van der Waals surface area contributed by atoms with Crippen molar-refractivity contribution in [3.8, 4) is 0 Å². The molecule has 0 aromatic heterocycles. The van der Waals surface area contributed by atoms with Gasteiger partial charge in [-0.3, -0.25) is 4.89 Å². The summed E-state index contributed by atoms with van der Waals surface area (Å²) in [6.45, 7) is 0. The van der Waals surface area contributed by atoms with Crippen LogP contribution >= 0.6 is 8.69 Å². The van der Waals surface area contributed by atoms with Crippen molar-refractivity contribution >= 4 is 14.7 Å². The summed E-state index contributed by atoms with van der Waals surface area (Å²) in [6.07, 6.45) is 0. The van der Waals surface area contributed by atoms with Crippen LogP contribution in [0.3, 0.4) is 0 Å². The normalized spacial score (nSPS) is 9.67. The summed E-state index contributed by atoms with van der Waals surface area (Å²) >= 11 is 0. The highest BCUT2D eigenvalue weighted by Crippen LogP contribution is 2.04. The lowest BCUT2D eigenvalue weighted by Gasteiger charge is -1.95. The molecule has 0 aliphatic rings. The van der Waals surface area contributed by atoms with E-state index in [4.69, 9.17) is 0 Å². The summed E-state index contributed by atoms with van der Waals surface area (Å²) in [4.78, 5) is 15.0. The topological polar surface area (TPSA) is 52.6 Å². The summed E-state index contributed by atoms with van der Waals surface area (Å²) in [6, 6.07) is 8.27. The Kier molecular flexibility index (Phi) is 3.38. The molecule has 62 valence electrons. The SMILES string of the molecule is O=POOC(=O)c1ccccc1. The molecule has 0 unspecified atom stereocenters. The van der Waals surface area contributed by atoms with Gasteiger partial charge >= 0.3 is 14.7 Å². The zero-order chi connectivity index (χ0) is 8.81. The lowest BCUT2D eigenvalue weighted by molar-refractivity contribution is -0.139. The van der Waals surface area contributed by atoms with Gasteiger partial charge in [0.2, 0.25) is 0 Å². The van der Waals surface area contributed by atoms with Crippen LogP contribution in [0.2, 0.25) is 0 Å². The first kappa shape index (κ1) is 8.84. The van der Waals surface area contributed by atoms with Crippen LogP contribution in [0.4, 0.5) is 0 Å². The highest BCUT2D eigenvalue weighted by molar-refractivity contribution is 7.17. The average molecular weight is 184 g/mol. The zero-order valence-corrected chi connectivity index (χ0v) is 6.86. The number of rotatable bonds is 3. The van der Waals surface area contributed by atoms with Crippen molar-refractivity contribution in [1.82, 2.24) is 0 Å². The maximum absolute atomic E-state index is 10.9.